The fourth-order valence-corrected chi connectivity index (χ4v) is 2.27. The summed E-state index contributed by atoms with van der Waals surface area (Å²) in [4.78, 5) is 10.8. The number of hydrogen-bond donors (Lipinski definition) is 1. The zero-order valence-corrected chi connectivity index (χ0v) is 12.5. The molecule has 0 saturated carbocycles. The maximum absolute atomic E-state index is 11.2. The van der Waals surface area contributed by atoms with Crippen LogP contribution in [-0.2, 0) is 20.0 Å². The van der Waals surface area contributed by atoms with E-state index in [0.717, 1.165) is 18.4 Å². The third kappa shape index (κ3) is 3.39. The van der Waals surface area contributed by atoms with Crippen LogP contribution in [-0.4, -0.2) is 31.0 Å². The number of nitrogens with zero attached hydrogens (tertiary/aromatic N) is 5. The fraction of sp³-hybridized carbons (Fsp3) is 0.538. The van der Waals surface area contributed by atoms with Crippen molar-refractivity contribution in [2.45, 2.75) is 33.2 Å². The lowest BCUT2D eigenvalue weighted by Gasteiger charge is -2.07. The normalized spacial score (nSPS) is 10.8. The molecule has 0 amide bonds. The number of hydrogen-bond acceptors (Lipinski definition) is 5. The largest absolute Gasteiger partial charge is 0.364 e. The highest BCUT2D eigenvalue weighted by Crippen LogP contribution is 2.28. The summed E-state index contributed by atoms with van der Waals surface area (Å²) in [6.45, 7) is 4.93. The van der Waals surface area contributed by atoms with Crippen molar-refractivity contribution in [1.82, 2.24) is 19.6 Å². The van der Waals surface area contributed by atoms with Crippen LogP contribution < -0.4 is 5.32 Å². The Morgan fingerprint density at radius 1 is 1.48 bits per heavy atom. The number of anilines is 1. The first-order chi connectivity index (χ1) is 10.0. The summed E-state index contributed by atoms with van der Waals surface area (Å²) in [5.74, 6) is 0.489. The lowest BCUT2D eigenvalue weighted by molar-refractivity contribution is -0.384. The third-order valence-corrected chi connectivity index (χ3v) is 3.18. The summed E-state index contributed by atoms with van der Waals surface area (Å²) < 4.78 is 3.42. The molecule has 114 valence electrons. The van der Waals surface area contributed by atoms with E-state index in [4.69, 9.17) is 0 Å². The molecule has 0 unspecified atom stereocenters. The van der Waals surface area contributed by atoms with Crippen LogP contribution in [0.2, 0.25) is 0 Å². The Morgan fingerprint density at radius 2 is 2.24 bits per heavy atom. The van der Waals surface area contributed by atoms with Gasteiger partial charge < -0.3 is 5.32 Å². The van der Waals surface area contributed by atoms with Gasteiger partial charge in [0, 0.05) is 26.3 Å². The molecule has 0 atom stereocenters. The Bertz CT molecular complexity index is 631. The molecule has 2 aromatic heterocycles. The zero-order valence-electron chi connectivity index (χ0n) is 12.5. The van der Waals surface area contributed by atoms with Crippen molar-refractivity contribution in [2.75, 3.05) is 11.9 Å². The molecule has 8 heteroatoms. The third-order valence-electron chi connectivity index (χ3n) is 3.18. The van der Waals surface area contributed by atoms with Crippen molar-refractivity contribution in [2.24, 2.45) is 7.05 Å². The van der Waals surface area contributed by atoms with Crippen LogP contribution in [0, 0.1) is 17.0 Å². The molecule has 0 radical (unpaired) electrons. The average Bonchev–Trinajstić information content (AvgIpc) is 2.94. The summed E-state index contributed by atoms with van der Waals surface area (Å²) in [6, 6.07) is 0. The summed E-state index contributed by atoms with van der Waals surface area (Å²) in [5.41, 5.74) is 1.60. The Morgan fingerprint density at radius 3 is 2.81 bits per heavy atom. The van der Waals surface area contributed by atoms with Crippen LogP contribution in [0.15, 0.2) is 12.4 Å². The van der Waals surface area contributed by atoms with Gasteiger partial charge in [0.15, 0.2) is 0 Å². The minimum atomic E-state index is -0.374. The molecule has 2 aromatic rings. The molecule has 8 nitrogen and oxygen atoms in total. The summed E-state index contributed by atoms with van der Waals surface area (Å²) in [7, 11) is 1.86. The Kier molecular flexibility index (Phi) is 4.56. The van der Waals surface area contributed by atoms with Gasteiger partial charge in [-0.1, -0.05) is 6.92 Å². The minimum Gasteiger partial charge on any atom is -0.364 e. The monoisotopic (exact) mass is 292 g/mol. The van der Waals surface area contributed by atoms with E-state index in [0.29, 0.717) is 24.6 Å². The van der Waals surface area contributed by atoms with Crippen molar-refractivity contribution < 1.29 is 4.92 Å². The minimum absolute atomic E-state index is 0.0645. The van der Waals surface area contributed by atoms with Crippen LogP contribution in [0.5, 0.6) is 0 Å². The Labute approximate surface area is 122 Å². The molecule has 1 N–H and O–H groups in total. The highest BCUT2D eigenvalue weighted by Gasteiger charge is 2.24. The lowest BCUT2D eigenvalue weighted by atomic mass is 10.2. The predicted octanol–water partition coefficient (Wildman–Crippen LogP) is 1.90. The smallest absolute Gasteiger partial charge is 0.333 e. The SMILES string of the molecule is CCCn1nc(C)c([N+](=O)[O-])c1NCCc1cnn(C)c1. The molecule has 0 fully saturated rings. The van der Waals surface area contributed by atoms with Gasteiger partial charge >= 0.3 is 5.69 Å². The molecule has 0 saturated heterocycles. The van der Waals surface area contributed by atoms with Gasteiger partial charge in [0.05, 0.1) is 11.1 Å². The van der Waals surface area contributed by atoms with Gasteiger partial charge in [0.1, 0.15) is 5.69 Å². The zero-order chi connectivity index (χ0) is 15.4. The number of nitro groups is 1. The highest BCUT2D eigenvalue weighted by atomic mass is 16.6. The van der Waals surface area contributed by atoms with E-state index >= 15 is 0 Å². The molecule has 0 aliphatic rings. The van der Waals surface area contributed by atoms with E-state index in [1.807, 2.05) is 20.2 Å². The predicted molar refractivity (Wildman–Crippen MR) is 79.3 cm³/mol. The van der Waals surface area contributed by atoms with Crippen LogP contribution in [0.4, 0.5) is 11.5 Å². The fourth-order valence-electron chi connectivity index (χ4n) is 2.27. The topological polar surface area (TPSA) is 90.8 Å². The molecule has 0 aliphatic heterocycles. The second-order valence-electron chi connectivity index (χ2n) is 4.96. The number of nitrogens with one attached hydrogen (secondary N) is 1. The van der Waals surface area contributed by atoms with E-state index < -0.39 is 0 Å². The average molecular weight is 292 g/mol. The molecule has 2 heterocycles. The van der Waals surface area contributed by atoms with Crippen LogP contribution in [0.1, 0.15) is 24.6 Å². The van der Waals surface area contributed by atoms with Crippen molar-refractivity contribution in [3.05, 3.63) is 33.8 Å². The maximum Gasteiger partial charge on any atom is 0.333 e. The summed E-state index contributed by atoms with van der Waals surface area (Å²) in [6.07, 6.45) is 5.35. The maximum atomic E-state index is 11.2. The van der Waals surface area contributed by atoms with Gasteiger partial charge in [-0.3, -0.25) is 14.8 Å². The number of aryl methyl sites for hydroxylation is 3. The van der Waals surface area contributed by atoms with E-state index in [-0.39, 0.29) is 10.6 Å². The van der Waals surface area contributed by atoms with E-state index in [9.17, 15) is 10.1 Å². The molecule has 0 bridgehead atoms. The van der Waals surface area contributed by atoms with E-state index in [1.165, 1.54) is 0 Å². The van der Waals surface area contributed by atoms with Gasteiger partial charge in [-0.15, -0.1) is 0 Å². The Balaban J connectivity index is 2.11. The highest BCUT2D eigenvalue weighted by molar-refractivity contribution is 5.59. The number of aromatic nitrogens is 4. The van der Waals surface area contributed by atoms with Gasteiger partial charge in [-0.25, -0.2) is 4.68 Å². The molecular formula is C13H20N6O2. The lowest BCUT2D eigenvalue weighted by Crippen LogP contribution is -2.11. The van der Waals surface area contributed by atoms with Gasteiger partial charge in [0.25, 0.3) is 0 Å². The molecule has 2 rings (SSSR count). The van der Waals surface area contributed by atoms with Gasteiger partial charge in [0.2, 0.25) is 5.82 Å². The standard InChI is InChI=1S/C13H20N6O2/c1-4-7-18-13(12(19(20)21)10(2)16-18)14-6-5-11-8-15-17(3)9-11/h8-9,14H,4-7H2,1-3H3. The van der Waals surface area contributed by atoms with E-state index in [2.05, 4.69) is 15.5 Å². The first kappa shape index (κ1) is 15.0. The van der Waals surface area contributed by atoms with Crippen LogP contribution in [0.3, 0.4) is 0 Å². The van der Waals surface area contributed by atoms with Gasteiger partial charge in [-0.05, 0) is 25.3 Å². The van der Waals surface area contributed by atoms with E-state index in [1.54, 1.807) is 22.5 Å². The molecule has 0 aromatic carbocycles. The Hall–Kier alpha value is -2.38. The molecule has 0 aliphatic carbocycles. The first-order valence-corrected chi connectivity index (χ1v) is 6.96. The second kappa shape index (κ2) is 6.38. The molecular weight excluding hydrogens is 272 g/mol. The van der Waals surface area contributed by atoms with Crippen molar-refractivity contribution in [3.8, 4) is 0 Å². The molecule has 0 spiro atoms. The quantitative estimate of drug-likeness (QED) is 0.621. The van der Waals surface area contributed by atoms with Crippen molar-refractivity contribution in [3.63, 3.8) is 0 Å². The number of rotatable bonds is 7. The summed E-state index contributed by atoms with van der Waals surface area (Å²) in [5, 5.41) is 22.7. The van der Waals surface area contributed by atoms with Gasteiger partial charge in [-0.2, -0.15) is 10.2 Å². The van der Waals surface area contributed by atoms with Crippen LogP contribution >= 0.6 is 0 Å². The molecule has 21 heavy (non-hydrogen) atoms. The van der Waals surface area contributed by atoms with Crippen molar-refractivity contribution in [1.29, 1.82) is 0 Å². The second-order valence-corrected chi connectivity index (χ2v) is 4.96. The van der Waals surface area contributed by atoms with Crippen LogP contribution in [0.25, 0.3) is 0 Å². The summed E-state index contributed by atoms with van der Waals surface area (Å²) >= 11 is 0. The van der Waals surface area contributed by atoms with Crippen molar-refractivity contribution >= 4 is 11.5 Å². The first-order valence-electron chi connectivity index (χ1n) is 6.96.